The van der Waals surface area contributed by atoms with E-state index in [1.807, 2.05) is 95.7 Å². The zero-order valence-electron chi connectivity index (χ0n) is 73.8. The molecule has 0 atom stereocenters. The van der Waals surface area contributed by atoms with Gasteiger partial charge in [-0.2, -0.15) is 0 Å². The Morgan fingerprint density at radius 2 is 0.979 bits per heavy atom. The van der Waals surface area contributed by atoms with Crippen molar-refractivity contribution < 1.29 is 35.3 Å². The minimum absolute atomic E-state index is 0.0100. The highest BCUT2D eigenvalue weighted by Gasteiger charge is 2.41. The summed E-state index contributed by atoms with van der Waals surface area (Å²) >= 11 is 0. The smallest absolute Gasteiger partial charge is 0.269 e. The summed E-state index contributed by atoms with van der Waals surface area (Å²) in [5.41, 5.74) is 8.82. The van der Waals surface area contributed by atoms with Gasteiger partial charge in [-0.3, -0.25) is 13.7 Å². The van der Waals surface area contributed by atoms with Crippen LogP contribution in [0.2, 0.25) is 0 Å². The highest BCUT2D eigenvalue weighted by Crippen LogP contribution is 2.41. The van der Waals surface area contributed by atoms with Crippen LogP contribution in [0.25, 0.3) is 83.4 Å². The van der Waals surface area contributed by atoms with Gasteiger partial charge in [-0.1, -0.05) is 295 Å². The predicted molar refractivity (Wildman–Crippen MR) is 397 cm³/mol. The molecular formula is C88H82N4OSi. The lowest BCUT2D eigenvalue weighted by molar-refractivity contribution is -0.571. The van der Waals surface area contributed by atoms with Crippen LogP contribution in [-0.4, -0.2) is 22.2 Å². The number of fused-ring (bicyclic) bond motifs is 4. The summed E-state index contributed by atoms with van der Waals surface area (Å²) in [6.07, 6.45) is 5.57. The lowest BCUT2D eigenvalue weighted by Crippen LogP contribution is -2.74. The molecule has 0 saturated heterocycles. The quantitative estimate of drug-likeness (QED) is 0.0529. The summed E-state index contributed by atoms with van der Waals surface area (Å²) in [7, 11) is -6.29. The molecule has 0 aliphatic heterocycles. The monoisotopic (exact) mass is 1260 g/mol. The number of hydrogen-bond donors (Lipinski definition) is 0. The van der Waals surface area contributed by atoms with Gasteiger partial charge in [0.1, 0.15) is 17.3 Å². The number of pyridine rings is 1. The fraction of sp³-hybridized carbons (Fsp3) is 0.182. The molecule has 0 aliphatic carbocycles. The van der Waals surface area contributed by atoms with Gasteiger partial charge in [0, 0.05) is 23.0 Å². The van der Waals surface area contributed by atoms with Crippen LogP contribution in [0, 0.1) is 6.33 Å². The molecule has 94 heavy (non-hydrogen) atoms. The normalized spacial score (nSPS) is 15.3. The summed E-state index contributed by atoms with van der Waals surface area (Å²) in [5, 5.41) is -1.70. The zero-order chi connectivity index (χ0) is 81.8. The van der Waals surface area contributed by atoms with Gasteiger partial charge in [-0.05, 0) is 153 Å². The molecule has 0 spiro atoms. The molecule has 14 aromatic rings. The summed E-state index contributed by atoms with van der Waals surface area (Å²) in [6, 6.07) is 31.8. The Morgan fingerprint density at radius 3 is 1.61 bits per heavy atom. The first-order valence-electron chi connectivity index (χ1n) is 41.0. The van der Waals surface area contributed by atoms with E-state index in [2.05, 4.69) is 155 Å². The van der Waals surface area contributed by atoms with Crippen LogP contribution in [-0.2, 0) is 21.7 Å². The molecular weight excluding hydrogens is 1160 g/mol. The minimum atomic E-state index is -6.29. The number of para-hydroxylation sites is 2. The van der Waals surface area contributed by atoms with Crippen LogP contribution in [0.4, 0.5) is 0 Å². The predicted octanol–water partition coefficient (Wildman–Crippen LogP) is 19.6. The van der Waals surface area contributed by atoms with Crippen LogP contribution < -0.4 is 30.1 Å². The first-order chi connectivity index (χ1) is 53.0. The van der Waals surface area contributed by atoms with Crippen molar-refractivity contribution in [1.29, 1.82) is 0 Å². The average molecular weight is 1260 g/mol. The van der Waals surface area contributed by atoms with E-state index < -0.39 is 160 Å². The van der Waals surface area contributed by atoms with Crippen LogP contribution >= 0.6 is 0 Å². The molecule has 14 rings (SSSR count). The molecule has 0 amide bonds. The summed E-state index contributed by atoms with van der Waals surface area (Å²) in [6.45, 7) is 25.5. The van der Waals surface area contributed by atoms with Gasteiger partial charge in [-0.25, -0.2) is 4.98 Å². The molecule has 5 nitrogen and oxygen atoms in total. The average Bonchev–Trinajstić information content (AvgIpc) is 1.42. The van der Waals surface area contributed by atoms with Crippen LogP contribution in [0.1, 0.15) is 131 Å². The zero-order valence-corrected chi connectivity index (χ0v) is 55.8. The van der Waals surface area contributed by atoms with Gasteiger partial charge in [0.25, 0.3) is 6.33 Å². The second-order valence-electron chi connectivity index (χ2n) is 28.1. The molecule has 0 N–H and O–H groups in total. The second kappa shape index (κ2) is 23.8. The van der Waals surface area contributed by atoms with Gasteiger partial charge in [0.05, 0.1) is 59.5 Å². The maximum atomic E-state index is 11.2. The fourth-order valence-corrected chi connectivity index (χ4v) is 16.1. The first kappa shape index (κ1) is 42.9. The molecule has 0 saturated carbocycles. The molecule has 6 heteroatoms. The number of hydrogen-bond acceptors (Lipinski definition) is 2. The maximum absolute atomic E-state index is 11.2. The van der Waals surface area contributed by atoms with Crippen molar-refractivity contribution in [3.63, 3.8) is 0 Å². The highest BCUT2D eigenvalue weighted by molar-refractivity contribution is 7.19. The third-order valence-electron chi connectivity index (χ3n) is 17.7. The Balaban J connectivity index is 1.11. The van der Waals surface area contributed by atoms with Crippen LogP contribution in [0.15, 0.2) is 279 Å². The van der Waals surface area contributed by atoms with Gasteiger partial charge < -0.3 is 4.74 Å². The van der Waals surface area contributed by atoms with Crippen molar-refractivity contribution in [3.05, 3.63) is 307 Å². The van der Waals surface area contributed by atoms with E-state index in [1.54, 1.807) is 16.7 Å². The Hall–Kier alpha value is -10.1. The molecule has 464 valence electrons. The lowest BCUT2D eigenvalue weighted by atomic mass is 9.78. The molecule has 11 aromatic carbocycles. The topological polar surface area (TPSA) is 35.9 Å². The molecule has 0 fully saturated rings. The Bertz CT molecular complexity index is 6050. The number of nitrogens with zero attached hydrogens (tertiary/aromatic N) is 4. The second-order valence-corrected chi connectivity index (χ2v) is 31.6. The van der Waals surface area contributed by atoms with Gasteiger partial charge in [-0.15, -0.1) is 0 Å². The number of aromatic nitrogens is 4. The van der Waals surface area contributed by atoms with Crippen molar-refractivity contribution in [1.82, 2.24) is 14.1 Å². The first-order valence-corrected chi connectivity index (χ1v) is 33.5. The number of benzene rings is 11. The van der Waals surface area contributed by atoms with E-state index in [-0.39, 0.29) is 22.1 Å². The Kier molecular flexibility index (Phi) is 10.8. The summed E-state index contributed by atoms with van der Waals surface area (Å²) in [5.74, 6) is 1.71. The molecule has 3 aromatic heterocycles. The third-order valence-corrected chi connectivity index (χ3v) is 21.7. The van der Waals surface area contributed by atoms with Crippen molar-refractivity contribution in [2.75, 3.05) is 0 Å². The molecule has 0 bridgehead atoms. The minimum Gasteiger partial charge on any atom is -0.458 e. The molecule has 3 heterocycles. The number of rotatable bonds is 12. The molecule has 0 unspecified atom stereocenters. The standard InChI is InChI=1S/C88H82N4OSi/c1-85(2,3)64-44-41-60(42-45-64)61-43-48-80-82(54-61)90(68-28-25-29-69(57-68)93-70-46-47-78-77-37-22-23-40-79(77)92(81(78)58-70)83-56-65(49-50-89-83)86(4,5)6)59-91(80)84-75(38-26-39-76(84)63-51-66(87(7,8)9)55-67(52-63)88(10,11)12)62-27-24-36-74(53-62)94(71-30-16-13-17-31-71,72-32-18-14-19-33-72)73-34-20-15-21-35-73/h13-58H,1-12H3/i13D,14D,15D,16D,17D,18D,19D,20D,21D,24D,27D,30D,31D,32D,33D,34D,35D,36D,53D. The van der Waals surface area contributed by atoms with Crippen molar-refractivity contribution in [3.8, 4) is 62.1 Å². The fourth-order valence-electron chi connectivity index (χ4n) is 12.5. The lowest BCUT2D eigenvalue weighted by Gasteiger charge is -2.34. The Morgan fingerprint density at radius 1 is 0.415 bits per heavy atom. The van der Waals surface area contributed by atoms with E-state index in [9.17, 15) is 21.9 Å². The van der Waals surface area contributed by atoms with Crippen molar-refractivity contribution in [2.24, 2.45) is 0 Å². The SMILES string of the molecule is [2H]c1c([2H])c([2H])c([Si](c2c([2H])c([2H])c([2H])c([2H])c2[2H])(c2c([2H])c([2H])c([2H])c([2H])c2[2H])c2c([2H])c([2H])c([2H])c(-c3cccc(-c4cc(C(C)(C)C)cc(C(C)(C)C)c4)c3-[n+]3[c-]n(-c4cccc(Oc5ccc6c7ccccc7n(-c7cc(C(C)(C)C)ccn7)c6c5)c4)c4cc(-c5ccc(C(C)(C)C)cc5)ccc43)c2[2H])c([2H])c1[2H]. The largest absolute Gasteiger partial charge is 0.458 e. The van der Waals surface area contributed by atoms with E-state index in [4.69, 9.17) is 13.8 Å². The van der Waals surface area contributed by atoms with E-state index in [1.165, 1.54) is 0 Å². The van der Waals surface area contributed by atoms with Crippen LogP contribution in [0.5, 0.6) is 11.5 Å². The van der Waals surface area contributed by atoms with E-state index in [0.717, 1.165) is 61.0 Å². The number of ether oxygens (including phenoxy) is 1. The van der Waals surface area contributed by atoms with E-state index in [0.29, 0.717) is 39.3 Å². The highest BCUT2D eigenvalue weighted by atomic mass is 28.3. The molecule has 0 aliphatic rings. The van der Waals surface area contributed by atoms with Gasteiger partial charge in [0.2, 0.25) is 0 Å². The summed E-state index contributed by atoms with van der Waals surface area (Å²) in [4.78, 5) is 4.91. The van der Waals surface area contributed by atoms with Crippen molar-refractivity contribution >= 4 is 61.7 Å². The van der Waals surface area contributed by atoms with Crippen LogP contribution in [0.3, 0.4) is 0 Å². The van der Waals surface area contributed by atoms with E-state index >= 15 is 0 Å². The molecule has 0 radical (unpaired) electrons. The van der Waals surface area contributed by atoms with Gasteiger partial charge in [0.15, 0.2) is 8.07 Å². The third kappa shape index (κ3) is 11.4. The number of imidazole rings is 1. The van der Waals surface area contributed by atoms with Gasteiger partial charge >= 0.3 is 0 Å². The Labute approximate surface area is 583 Å². The maximum Gasteiger partial charge on any atom is 0.269 e. The summed E-state index contributed by atoms with van der Waals surface area (Å²) < 4.78 is 197. The van der Waals surface area contributed by atoms with Crippen molar-refractivity contribution in [2.45, 2.75) is 105 Å².